The molecule has 2 aromatic carbocycles. The third-order valence-corrected chi connectivity index (χ3v) is 3.41. The first-order valence-electron chi connectivity index (χ1n) is 4.20. The van der Waals surface area contributed by atoms with Gasteiger partial charge in [-0.1, -0.05) is 44.0 Å². The first-order chi connectivity index (χ1) is 7.09. The fraction of sp³-hybridized carbons (Fsp3) is 0. The summed E-state index contributed by atoms with van der Waals surface area (Å²) in [5, 5.41) is 10.8. The molecule has 0 spiro atoms. The third kappa shape index (κ3) is 1.92. The van der Waals surface area contributed by atoms with Crippen molar-refractivity contribution in [1.82, 2.24) is 0 Å². The number of hydrogen-bond acceptors (Lipinski definition) is 1. The molecule has 1 N–H and O–H groups in total. The maximum atomic E-state index is 10.8. The summed E-state index contributed by atoms with van der Waals surface area (Å²) in [6, 6.07) is 8.96. The van der Waals surface area contributed by atoms with Crippen LogP contribution in [-0.4, -0.2) is 11.1 Å². The largest absolute Gasteiger partial charge is 0.478 e. The summed E-state index contributed by atoms with van der Waals surface area (Å²) < 4.78 is 1.73. The van der Waals surface area contributed by atoms with E-state index in [2.05, 4.69) is 31.9 Å². The van der Waals surface area contributed by atoms with Crippen LogP contribution in [0.2, 0.25) is 0 Å². The first-order valence-corrected chi connectivity index (χ1v) is 5.79. The Balaban J connectivity index is 2.84. The lowest BCUT2D eigenvalue weighted by atomic mass is 10.1. The predicted molar refractivity (Wildman–Crippen MR) is 66.3 cm³/mol. The molecule has 0 aliphatic heterocycles. The SMILES string of the molecule is O=C(O)c1cc(Br)c2c(Br)cccc2c1. The molecule has 0 radical (unpaired) electrons. The Morgan fingerprint density at radius 1 is 1.13 bits per heavy atom. The van der Waals surface area contributed by atoms with Crippen LogP contribution in [0.3, 0.4) is 0 Å². The lowest BCUT2D eigenvalue weighted by molar-refractivity contribution is 0.0697. The zero-order valence-corrected chi connectivity index (χ0v) is 10.7. The van der Waals surface area contributed by atoms with E-state index in [9.17, 15) is 4.79 Å². The number of carboxylic acid groups (broad SMARTS) is 1. The Morgan fingerprint density at radius 3 is 2.53 bits per heavy atom. The Morgan fingerprint density at radius 2 is 1.87 bits per heavy atom. The van der Waals surface area contributed by atoms with Crippen molar-refractivity contribution in [3.63, 3.8) is 0 Å². The minimum absolute atomic E-state index is 0.285. The monoisotopic (exact) mass is 328 g/mol. The first kappa shape index (κ1) is 10.6. The van der Waals surface area contributed by atoms with Crippen LogP contribution in [0.25, 0.3) is 10.8 Å². The van der Waals surface area contributed by atoms with Crippen molar-refractivity contribution in [3.05, 3.63) is 44.8 Å². The molecule has 0 aliphatic carbocycles. The molecule has 0 fully saturated rings. The van der Waals surface area contributed by atoms with Gasteiger partial charge in [-0.05, 0) is 23.6 Å². The van der Waals surface area contributed by atoms with E-state index in [-0.39, 0.29) is 5.56 Å². The van der Waals surface area contributed by atoms with Gasteiger partial charge < -0.3 is 5.11 Å². The standard InChI is InChI=1S/C11H6Br2O2/c12-8-3-1-2-6-4-7(11(14)15)5-9(13)10(6)8/h1-5H,(H,14,15). The van der Waals surface area contributed by atoms with Crippen LogP contribution in [0.15, 0.2) is 39.3 Å². The molecule has 0 aliphatic rings. The molecular weight excluding hydrogens is 324 g/mol. The van der Waals surface area contributed by atoms with Crippen LogP contribution in [0.1, 0.15) is 10.4 Å². The summed E-state index contributed by atoms with van der Waals surface area (Å²) in [5.74, 6) is -0.919. The van der Waals surface area contributed by atoms with Crippen LogP contribution >= 0.6 is 31.9 Å². The van der Waals surface area contributed by atoms with Gasteiger partial charge in [0.05, 0.1) is 5.56 Å². The highest BCUT2D eigenvalue weighted by atomic mass is 79.9. The number of fused-ring (bicyclic) bond motifs is 1. The lowest BCUT2D eigenvalue weighted by Crippen LogP contribution is -1.96. The Kier molecular flexibility index (Phi) is 2.80. The average Bonchev–Trinajstić information content (AvgIpc) is 2.17. The van der Waals surface area contributed by atoms with Gasteiger partial charge in [-0.25, -0.2) is 4.79 Å². The van der Waals surface area contributed by atoms with Crippen molar-refractivity contribution < 1.29 is 9.90 Å². The normalized spacial score (nSPS) is 10.5. The number of aromatic carboxylic acids is 1. The van der Waals surface area contributed by atoms with Crippen LogP contribution < -0.4 is 0 Å². The number of rotatable bonds is 1. The van der Waals surface area contributed by atoms with Gasteiger partial charge >= 0.3 is 5.97 Å². The van der Waals surface area contributed by atoms with Crippen molar-refractivity contribution in [1.29, 1.82) is 0 Å². The number of carbonyl (C=O) groups is 1. The maximum Gasteiger partial charge on any atom is 0.335 e. The summed E-state index contributed by atoms with van der Waals surface area (Å²) in [5.41, 5.74) is 0.285. The summed E-state index contributed by atoms with van der Waals surface area (Å²) in [4.78, 5) is 10.8. The van der Waals surface area contributed by atoms with E-state index in [0.717, 1.165) is 19.7 Å². The lowest BCUT2D eigenvalue weighted by Gasteiger charge is -2.05. The molecule has 0 unspecified atom stereocenters. The fourth-order valence-corrected chi connectivity index (χ4v) is 3.00. The summed E-state index contributed by atoms with van der Waals surface area (Å²) in [6.45, 7) is 0. The summed E-state index contributed by atoms with van der Waals surface area (Å²) in [7, 11) is 0. The molecule has 2 aromatic rings. The number of benzene rings is 2. The van der Waals surface area contributed by atoms with E-state index in [1.54, 1.807) is 12.1 Å². The highest BCUT2D eigenvalue weighted by molar-refractivity contribution is 9.11. The minimum atomic E-state index is -0.919. The number of carboxylic acids is 1. The maximum absolute atomic E-state index is 10.8. The van der Waals surface area contributed by atoms with Gasteiger partial charge in [-0.2, -0.15) is 0 Å². The molecule has 2 nitrogen and oxygen atoms in total. The smallest absolute Gasteiger partial charge is 0.335 e. The van der Waals surface area contributed by atoms with Crippen molar-refractivity contribution in [2.75, 3.05) is 0 Å². The van der Waals surface area contributed by atoms with Gasteiger partial charge in [0, 0.05) is 14.3 Å². The average molecular weight is 330 g/mol. The molecule has 76 valence electrons. The third-order valence-electron chi connectivity index (χ3n) is 2.12. The van der Waals surface area contributed by atoms with E-state index >= 15 is 0 Å². The second-order valence-electron chi connectivity index (χ2n) is 3.10. The fourth-order valence-electron chi connectivity index (χ4n) is 1.45. The molecular formula is C11H6Br2O2. The number of hydrogen-bond donors (Lipinski definition) is 1. The molecule has 0 heterocycles. The van der Waals surface area contributed by atoms with Crippen LogP contribution in [0.5, 0.6) is 0 Å². The Hall–Kier alpha value is -0.870. The van der Waals surface area contributed by atoms with Gasteiger partial charge in [0.2, 0.25) is 0 Å². The Labute approximate surface area is 103 Å². The zero-order valence-electron chi connectivity index (χ0n) is 7.50. The van der Waals surface area contributed by atoms with E-state index in [0.29, 0.717) is 0 Å². The molecule has 0 atom stereocenters. The van der Waals surface area contributed by atoms with Crippen molar-refractivity contribution in [2.45, 2.75) is 0 Å². The second kappa shape index (κ2) is 3.94. The van der Waals surface area contributed by atoms with Gasteiger partial charge in [0.15, 0.2) is 0 Å². The van der Waals surface area contributed by atoms with Crippen molar-refractivity contribution >= 4 is 48.6 Å². The molecule has 0 saturated heterocycles. The Bertz CT molecular complexity index is 550. The van der Waals surface area contributed by atoms with Gasteiger partial charge in [-0.15, -0.1) is 0 Å². The molecule has 0 bridgehead atoms. The van der Waals surface area contributed by atoms with Gasteiger partial charge in [-0.3, -0.25) is 0 Å². The summed E-state index contributed by atoms with van der Waals surface area (Å²) in [6.07, 6.45) is 0. The minimum Gasteiger partial charge on any atom is -0.478 e. The quantitative estimate of drug-likeness (QED) is 0.856. The molecule has 0 aromatic heterocycles. The van der Waals surface area contributed by atoms with Crippen LogP contribution in [0, 0.1) is 0 Å². The van der Waals surface area contributed by atoms with Crippen LogP contribution in [0.4, 0.5) is 0 Å². The van der Waals surface area contributed by atoms with Gasteiger partial charge in [0.1, 0.15) is 0 Å². The molecule has 4 heteroatoms. The topological polar surface area (TPSA) is 37.3 Å². The van der Waals surface area contributed by atoms with E-state index in [4.69, 9.17) is 5.11 Å². The molecule has 0 amide bonds. The van der Waals surface area contributed by atoms with E-state index < -0.39 is 5.97 Å². The molecule has 2 rings (SSSR count). The van der Waals surface area contributed by atoms with Crippen molar-refractivity contribution in [2.24, 2.45) is 0 Å². The van der Waals surface area contributed by atoms with E-state index in [1.165, 1.54) is 0 Å². The van der Waals surface area contributed by atoms with E-state index in [1.807, 2.05) is 18.2 Å². The zero-order chi connectivity index (χ0) is 11.0. The van der Waals surface area contributed by atoms with Crippen LogP contribution in [-0.2, 0) is 0 Å². The predicted octanol–water partition coefficient (Wildman–Crippen LogP) is 4.06. The highest BCUT2D eigenvalue weighted by Gasteiger charge is 2.09. The highest BCUT2D eigenvalue weighted by Crippen LogP contribution is 2.31. The summed E-state index contributed by atoms with van der Waals surface area (Å²) >= 11 is 6.81. The number of halogens is 2. The van der Waals surface area contributed by atoms with Crippen molar-refractivity contribution in [3.8, 4) is 0 Å². The molecule has 15 heavy (non-hydrogen) atoms. The second-order valence-corrected chi connectivity index (χ2v) is 4.81. The van der Waals surface area contributed by atoms with Gasteiger partial charge in [0.25, 0.3) is 0 Å². The molecule has 0 saturated carbocycles.